The Hall–Kier alpha value is -2.37. The van der Waals surface area contributed by atoms with Gasteiger partial charge >= 0.3 is 0 Å². The van der Waals surface area contributed by atoms with Gasteiger partial charge in [-0.1, -0.05) is 12.1 Å². The number of benzene rings is 1. The fraction of sp³-hybridized carbons (Fsp3) is 0.522. The number of aryl methyl sites for hydroxylation is 1. The van der Waals surface area contributed by atoms with Crippen molar-refractivity contribution in [3.05, 3.63) is 40.4 Å². The lowest BCUT2D eigenvalue weighted by atomic mass is 9.94. The third-order valence-corrected chi connectivity index (χ3v) is 6.23. The van der Waals surface area contributed by atoms with Crippen LogP contribution in [0.5, 0.6) is 0 Å². The number of carbonyl (C=O) groups excluding carboxylic acids is 2. The number of carbonyl (C=O) groups is 2. The first-order valence-electron chi connectivity index (χ1n) is 11.3. The minimum atomic E-state index is -0.301. The first-order chi connectivity index (χ1) is 16.1. The Labute approximate surface area is 198 Å². The van der Waals surface area contributed by atoms with Crippen LogP contribution in [0.15, 0.2) is 24.3 Å². The van der Waals surface area contributed by atoms with E-state index < -0.39 is 0 Å². The quantitative estimate of drug-likeness (QED) is 0.347. The zero-order valence-electron chi connectivity index (χ0n) is 19.0. The van der Waals surface area contributed by atoms with Gasteiger partial charge in [-0.15, -0.1) is 11.3 Å². The van der Waals surface area contributed by atoms with Crippen LogP contribution in [0.3, 0.4) is 0 Å². The number of hydrogen-bond acceptors (Lipinski definition) is 8. The van der Waals surface area contributed by atoms with Gasteiger partial charge < -0.3 is 25.8 Å². The number of amides is 2. The van der Waals surface area contributed by atoms with Crippen molar-refractivity contribution in [1.82, 2.24) is 10.3 Å². The van der Waals surface area contributed by atoms with Gasteiger partial charge in [0, 0.05) is 17.3 Å². The average Bonchev–Trinajstić information content (AvgIpc) is 3.19. The average molecular weight is 476 g/mol. The molecule has 1 aliphatic rings. The molecule has 2 aromatic rings. The fourth-order valence-electron chi connectivity index (χ4n) is 3.67. The van der Waals surface area contributed by atoms with Crippen LogP contribution in [0, 0.1) is 6.92 Å². The molecule has 0 aliphatic carbocycles. The Kier molecular flexibility index (Phi) is 10.2. The molecule has 33 heavy (non-hydrogen) atoms. The highest BCUT2D eigenvalue weighted by Crippen LogP contribution is 2.33. The number of piperidine rings is 1. The van der Waals surface area contributed by atoms with Gasteiger partial charge in [0.05, 0.1) is 49.8 Å². The molecule has 0 bridgehead atoms. The van der Waals surface area contributed by atoms with Gasteiger partial charge in [-0.05, 0) is 45.0 Å². The van der Waals surface area contributed by atoms with E-state index in [1.807, 2.05) is 6.92 Å². The molecule has 1 aromatic carbocycles. The molecule has 10 heteroatoms. The highest BCUT2D eigenvalue weighted by atomic mass is 32.1. The Balaban J connectivity index is 1.53. The lowest BCUT2D eigenvalue weighted by molar-refractivity contribution is -0.117. The maximum Gasteiger partial charge on any atom is 0.259 e. The van der Waals surface area contributed by atoms with Gasteiger partial charge in [-0.2, -0.15) is 0 Å². The summed E-state index contributed by atoms with van der Waals surface area (Å²) in [7, 11) is 0. The first kappa shape index (κ1) is 25.3. The second kappa shape index (κ2) is 13.4. The Bertz CT molecular complexity index is 914. The number of anilines is 2. The number of nitrogens with two attached hydrogens (primary N) is 1. The van der Waals surface area contributed by atoms with Crippen LogP contribution in [0.1, 0.15) is 46.1 Å². The van der Waals surface area contributed by atoms with Gasteiger partial charge in [0.2, 0.25) is 5.91 Å². The zero-order chi connectivity index (χ0) is 23.5. The minimum absolute atomic E-state index is 0.179. The first-order valence-corrected chi connectivity index (χ1v) is 12.1. The largest absolute Gasteiger partial charge is 0.379 e. The highest BCUT2D eigenvalue weighted by Gasteiger charge is 2.22. The van der Waals surface area contributed by atoms with E-state index in [1.54, 1.807) is 24.3 Å². The van der Waals surface area contributed by atoms with E-state index in [2.05, 4.69) is 16.0 Å². The summed E-state index contributed by atoms with van der Waals surface area (Å²) in [5, 5.41) is 9.66. The van der Waals surface area contributed by atoms with E-state index >= 15 is 0 Å². The molecule has 9 nitrogen and oxygen atoms in total. The lowest BCUT2D eigenvalue weighted by Crippen LogP contribution is -2.27. The van der Waals surface area contributed by atoms with Crippen molar-refractivity contribution in [2.75, 3.05) is 56.7 Å². The van der Waals surface area contributed by atoms with E-state index in [0.717, 1.165) is 36.5 Å². The second-order valence-electron chi connectivity index (χ2n) is 7.80. The highest BCUT2D eigenvalue weighted by molar-refractivity contribution is 7.15. The minimum Gasteiger partial charge on any atom is -0.379 e. The van der Waals surface area contributed by atoms with Crippen molar-refractivity contribution in [3.63, 3.8) is 0 Å². The summed E-state index contributed by atoms with van der Waals surface area (Å²) in [5.74, 6) is -0.101. The van der Waals surface area contributed by atoms with E-state index in [4.69, 9.17) is 20.2 Å². The molecular formula is C23H33N5O4S. The summed E-state index contributed by atoms with van der Waals surface area (Å²) in [6, 6.07) is 6.94. The Morgan fingerprint density at radius 3 is 2.61 bits per heavy atom. The van der Waals surface area contributed by atoms with Crippen LogP contribution in [0.2, 0.25) is 0 Å². The maximum atomic E-state index is 12.9. The van der Waals surface area contributed by atoms with Gasteiger partial charge in [-0.3, -0.25) is 14.9 Å². The molecule has 0 radical (unpaired) electrons. The zero-order valence-corrected chi connectivity index (χ0v) is 19.8. The van der Waals surface area contributed by atoms with Crippen LogP contribution >= 0.6 is 11.3 Å². The Morgan fingerprint density at radius 2 is 1.85 bits per heavy atom. The van der Waals surface area contributed by atoms with Crippen LogP contribution in [0.4, 0.5) is 10.8 Å². The molecule has 0 atom stereocenters. The molecule has 0 saturated carbocycles. The van der Waals surface area contributed by atoms with Gasteiger partial charge in [-0.25, -0.2) is 4.98 Å². The standard InChI is InChI=1S/C23H33N5O4S/c1-16-21(17-6-10-25-11-7-17)27-23(33-16)28-22(30)18-4-2-3-5-19(18)26-20(29)8-12-31-14-15-32-13-9-24/h2-5,17,25H,6-15,24H2,1H3,(H,26,29)(H,27,28,30). The van der Waals surface area contributed by atoms with Crippen LogP contribution in [-0.2, 0) is 14.3 Å². The number of rotatable bonds is 12. The summed E-state index contributed by atoms with van der Waals surface area (Å²) in [5.41, 5.74) is 7.26. The van der Waals surface area contributed by atoms with E-state index in [0.29, 0.717) is 48.7 Å². The van der Waals surface area contributed by atoms with E-state index in [9.17, 15) is 9.59 Å². The molecule has 1 saturated heterocycles. The number of thiazole rings is 1. The molecule has 0 unspecified atom stereocenters. The topological polar surface area (TPSA) is 128 Å². The summed E-state index contributed by atoms with van der Waals surface area (Å²) >= 11 is 1.49. The molecule has 0 spiro atoms. The Morgan fingerprint density at radius 1 is 1.12 bits per heavy atom. The molecule has 1 fully saturated rings. The number of hydrogen-bond donors (Lipinski definition) is 4. The number of para-hydroxylation sites is 1. The van der Waals surface area contributed by atoms with Crippen molar-refractivity contribution < 1.29 is 19.1 Å². The summed E-state index contributed by atoms with van der Waals surface area (Å²) in [4.78, 5) is 31.1. The normalized spacial score (nSPS) is 14.2. The maximum absolute atomic E-state index is 12.9. The smallest absolute Gasteiger partial charge is 0.259 e. The van der Waals surface area contributed by atoms with Crippen LogP contribution in [0.25, 0.3) is 0 Å². The summed E-state index contributed by atoms with van der Waals surface area (Å²) < 4.78 is 10.6. The van der Waals surface area contributed by atoms with E-state index in [1.165, 1.54) is 11.3 Å². The number of nitrogens with one attached hydrogen (secondary N) is 3. The number of aromatic nitrogens is 1. The van der Waals surface area contributed by atoms with Gasteiger partial charge in [0.15, 0.2) is 5.13 Å². The van der Waals surface area contributed by atoms with Crippen molar-refractivity contribution in [2.24, 2.45) is 5.73 Å². The predicted molar refractivity (Wildman–Crippen MR) is 130 cm³/mol. The molecule has 2 amide bonds. The molecule has 180 valence electrons. The molecule has 3 rings (SSSR count). The number of nitrogens with zero attached hydrogens (tertiary/aromatic N) is 1. The van der Waals surface area contributed by atoms with Crippen molar-refractivity contribution in [1.29, 1.82) is 0 Å². The van der Waals surface area contributed by atoms with Crippen LogP contribution < -0.4 is 21.7 Å². The monoisotopic (exact) mass is 475 g/mol. The molecular weight excluding hydrogens is 442 g/mol. The number of ether oxygens (including phenoxy) is 2. The second-order valence-corrected chi connectivity index (χ2v) is 9.00. The van der Waals surface area contributed by atoms with Gasteiger partial charge in [0.1, 0.15) is 0 Å². The molecule has 1 aliphatic heterocycles. The SMILES string of the molecule is Cc1sc(NC(=O)c2ccccc2NC(=O)CCOCCOCCN)nc1C1CCNCC1. The van der Waals surface area contributed by atoms with Gasteiger partial charge in [0.25, 0.3) is 5.91 Å². The summed E-state index contributed by atoms with van der Waals surface area (Å²) in [6.45, 7) is 6.10. The van der Waals surface area contributed by atoms with Crippen molar-refractivity contribution in [2.45, 2.75) is 32.1 Å². The van der Waals surface area contributed by atoms with E-state index in [-0.39, 0.29) is 24.8 Å². The van der Waals surface area contributed by atoms with Crippen molar-refractivity contribution >= 4 is 34.0 Å². The lowest BCUT2D eigenvalue weighted by Gasteiger charge is -2.21. The van der Waals surface area contributed by atoms with Crippen molar-refractivity contribution in [3.8, 4) is 0 Å². The molecule has 5 N–H and O–H groups in total. The fourth-order valence-corrected chi connectivity index (χ4v) is 4.57. The van der Waals surface area contributed by atoms with Crippen LogP contribution in [-0.4, -0.2) is 62.9 Å². The molecule has 2 heterocycles. The summed E-state index contributed by atoms with van der Waals surface area (Å²) in [6.07, 6.45) is 2.28. The third kappa shape index (κ3) is 7.86. The third-order valence-electron chi connectivity index (χ3n) is 5.33. The predicted octanol–water partition coefficient (Wildman–Crippen LogP) is 2.49. The molecule has 1 aromatic heterocycles.